The quantitative estimate of drug-likeness (QED) is 0.512. The maximum absolute atomic E-state index is 13.5. The first kappa shape index (κ1) is 23.6. The van der Waals surface area contributed by atoms with Crippen LogP contribution < -0.4 is 14.9 Å². The summed E-state index contributed by atoms with van der Waals surface area (Å²) >= 11 is 19.7. The Balaban J connectivity index is 2.01. The number of hydrogen-bond donors (Lipinski definition) is 1. The lowest BCUT2D eigenvalue weighted by molar-refractivity contribution is -0.139. The molecule has 0 bridgehead atoms. The molecule has 0 spiro atoms. The van der Waals surface area contributed by atoms with Crippen LogP contribution in [-0.2, 0) is 9.53 Å². The van der Waals surface area contributed by atoms with Gasteiger partial charge in [0.15, 0.2) is 4.80 Å². The van der Waals surface area contributed by atoms with E-state index in [1.165, 1.54) is 22.8 Å². The summed E-state index contributed by atoms with van der Waals surface area (Å²) < 4.78 is 6.95. The molecule has 0 saturated carbocycles. The second-order valence-corrected chi connectivity index (χ2v) is 9.41. The number of phenolic OH excluding ortho intramolecular Hbond substituents is 1. The molecule has 0 unspecified atom stereocenters. The number of aromatic hydroxyl groups is 1. The van der Waals surface area contributed by atoms with E-state index >= 15 is 0 Å². The molecule has 0 amide bonds. The number of rotatable bonds is 4. The maximum Gasteiger partial charge on any atom is 0.338 e. The third-order valence-corrected chi connectivity index (χ3v) is 6.89. The summed E-state index contributed by atoms with van der Waals surface area (Å²) in [7, 11) is 0. The van der Waals surface area contributed by atoms with Gasteiger partial charge < -0.3 is 9.84 Å². The number of ether oxygens (including phenoxy) is 1. The first-order valence-corrected chi connectivity index (χ1v) is 11.8. The van der Waals surface area contributed by atoms with Gasteiger partial charge >= 0.3 is 5.97 Å². The molecule has 1 atom stereocenters. The van der Waals surface area contributed by atoms with E-state index in [2.05, 4.69) is 4.99 Å². The lowest BCUT2D eigenvalue weighted by atomic mass is 9.96. The van der Waals surface area contributed by atoms with Crippen LogP contribution in [0.25, 0.3) is 6.08 Å². The molecule has 1 aliphatic heterocycles. The molecule has 0 saturated heterocycles. The van der Waals surface area contributed by atoms with E-state index < -0.39 is 17.6 Å². The molecular weight excluding hydrogens is 507 g/mol. The molecule has 1 aliphatic rings. The molecule has 1 N–H and O–H groups in total. The summed E-state index contributed by atoms with van der Waals surface area (Å²) in [6, 6.07) is 9.07. The lowest BCUT2D eigenvalue weighted by Crippen LogP contribution is -2.40. The number of hydrogen-bond acceptors (Lipinski definition) is 6. The minimum atomic E-state index is -0.826. The molecule has 10 heteroatoms. The number of carbonyl (C=O) groups excluding carboxylic acids is 1. The molecule has 0 radical (unpaired) electrons. The van der Waals surface area contributed by atoms with E-state index in [-0.39, 0.29) is 33.0 Å². The first-order valence-electron chi connectivity index (χ1n) is 9.85. The highest BCUT2D eigenvalue weighted by Gasteiger charge is 2.34. The summed E-state index contributed by atoms with van der Waals surface area (Å²) in [5, 5.41) is 11.1. The Morgan fingerprint density at radius 1 is 1.24 bits per heavy atom. The summed E-state index contributed by atoms with van der Waals surface area (Å²) in [6.07, 6.45) is 1.49. The molecule has 0 fully saturated rings. The Kier molecular flexibility index (Phi) is 6.68. The number of halogens is 3. The number of thiazole rings is 1. The molecule has 4 rings (SSSR count). The maximum atomic E-state index is 13.5. The highest BCUT2D eigenvalue weighted by Crippen LogP contribution is 2.35. The molecule has 2 heterocycles. The first-order chi connectivity index (χ1) is 15.7. The van der Waals surface area contributed by atoms with Gasteiger partial charge in [0.2, 0.25) is 0 Å². The summed E-state index contributed by atoms with van der Waals surface area (Å²) in [5.41, 5.74) is 1.11. The molecule has 170 valence electrons. The van der Waals surface area contributed by atoms with Gasteiger partial charge in [0.1, 0.15) is 11.8 Å². The third-order valence-electron chi connectivity index (χ3n) is 5.06. The Morgan fingerprint density at radius 2 is 1.97 bits per heavy atom. The molecule has 2 aromatic carbocycles. The van der Waals surface area contributed by atoms with Crippen molar-refractivity contribution in [1.82, 2.24) is 4.57 Å². The Hall–Kier alpha value is -2.58. The highest BCUT2D eigenvalue weighted by atomic mass is 35.5. The standard InChI is InChI=1S/C23H17Cl3N2O4S/c1-3-32-22(31)18-11(2)27-23-28(19(18)14-6-4-5-7-15(14)25)21(30)17(33-23)9-12-8-13(24)10-16(26)20(12)29/h4-10,19,29H,3H2,1-2H3/t19-/m0/s1. The SMILES string of the molecule is CCOC(=O)C1=C(C)N=c2sc(=Cc3cc(Cl)cc(Cl)c3O)c(=O)n2[C@H]1c1ccccc1Cl. The van der Waals surface area contributed by atoms with E-state index in [1.807, 2.05) is 0 Å². The van der Waals surface area contributed by atoms with Crippen LogP contribution in [0, 0.1) is 0 Å². The largest absolute Gasteiger partial charge is 0.506 e. The monoisotopic (exact) mass is 522 g/mol. The smallest absolute Gasteiger partial charge is 0.338 e. The number of benzene rings is 2. The molecule has 3 aromatic rings. The van der Waals surface area contributed by atoms with Gasteiger partial charge in [-0.05, 0) is 43.7 Å². The van der Waals surface area contributed by atoms with Crippen LogP contribution in [0.15, 0.2) is 57.5 Å². The molecule has 6 nitrogen and oxygen atoms in total. The number of nitrogens with zero attached hydrogens (tertiary/aromatic N) is 2. The zero-order chi connectivity index (χ0) is 23.9. The lowest BCUT2D eigenvalue weighted by Gasteiger charge is -2.25. The van der Waals surface area contributed by atoms with Crippen LogP contribution in [0.1, 0.15) is 31.0 Å². The number of allylic oxidation sites excluding steroid dienone is 1. The number of esters is 1. The molecule has 0 aliphatic carbocycles. The molecule has 1 aromatic heterocycles. The topological polar surface area (TPSA) is 80.9 Å². The predicted molar refractivity (Wildman–Crippen MR) is 130 cm³/mol. The van der Waals surface area contributed by atoms with Crippen LogP contribution in [0.2, 0.25) is 15.1 Å². The van der Waals surface area contributed by atoms with Crippen molar-refractivity contribution in [2.75, 3.05) is 6.61 Å². The second-order valence-electron chi connectivity index (χ2n) is 7.15. The molecule has 33 heavy (non-hydrogen) atoms. The Bertz CT molecular complexity index is 1490. The van der Waals surface area contributed by atoms with E-state index in [0.29, 0.717) is 26.1 Å². The van der Waals surface area contributed by atoms with Crippen molar-refractivity contribution in [3.05, 3.63) is 93.6 Å². The van der Waals surface area contributed by atoms with Crippen LogP contribution >= 0.6 is 46.1 Å². The average molecular weight is 524 g/mol. The van der Waals surface area contributed by atoms with Gasteiger partial charge in [-0.3, -0.25) is 9.36 Å². The van der Waals surface area contributed by atoms with Crippen molar-refractivity contribution in [3.8, 4) is 5.75 Å². The predicted octanol–water partition coefficient (Wildman–Crippen LogP) is 4.46. The fourth-order valence-corrected chi connectivity index (χ4v) is 5.41. The van der Waals surface area contributed by atoms with Crippen molar-refractivity contribution in [3.63, 3.8) is 0 Å². The highest BCUT2D eigenvalue weighted by molar-refractivity contribution is 7.07. The van der Waals surface area contributed by atoms with Crippen molar-refractivity contribution in [1.29, 1.82) is 0 Å². The zero-order valence-electron chi connectivity index (χ0n) is 17.4. The van der Waals surface area contributed by atoms with E-state index in [0.717, 1.165) is 11.3 Å². The zero-order valence-corrected chi connectivity index (χ0v) is 20.5. The number of carbonyl (C=O) groups is 1. The van der Waals surface area contributed by atoms with Crippen molar-refractivity contribution in [2.45, 2.75) is 19.9 Å². The van der Waals surface area contributed by atoms with E-state index in [4.69, 9.17) is 39.5 Å². The van der Waals surface area contributed by atoms with Gasteiger partial charge in [0.05, 0.1) is 27.4 Å². The van der Waals surface area contributed by atoms with Crippen LogP contribution in [0.4, 0.5) is 0 Å². The number of phenols is 1. The van der Waals surface area contributed by atoms with Gasteiger partial charge in [0.25, 0.3) is 5.56 Å². The molecular formula is C23H17Cl3N2O4S. The van der Waals surface area contributed by atoms with Crippen LogP contribution in [0.3, 0.4) is 0 Å². The normalized spacial score (nSPS) is 15.9. The van der Waals surface area contributed by atoms with Crippen molar-refractivity contribution < 1.29 is 14.6 Å². The average Bonchev–Trinajstić information content (AvgIpc) is 3.06. The van der Waals surface area contributed by atoms with E-state index in [9.17, 15) is 14.7 Å². The fraction of sp³-hybridized carbons (Fsp3) is 0.174. The van der Waals surface area contributed by atoms with Crippen LogP contribution in [0.5, 0.6) is 5.75 Å². The van der Waals surface area contributed by atoms with Crippen molar-refractivity contribution in [2.24, 2.45) is 4.99 Å². The minimum Gasteiger partial charge on any atom is -0.506 e. The Labute approximate surface area is 207 Å². The summed E-state index contributed by atoms with van der Waals surface area (Å²) in [4.78, 5) is 31.3. The van der Waals surface area contributed by atoms with Gasteiger partial charge in [-0.2, -0.15) is 0 Å². The van der Waals surface area contributed by atoms with Gasteiger partial charge in [0, 0.05) is 15.6 Å². The third kappa shape index (κ3) is 4.34. The fourth-order valence-electron chi connectivity index (χ4n) is 3.62. The second kappa shape index (κ2) is 9.35. The minimum absolute atomic E-state index is 0.0657. The van der Waals surface area contributed by atoms with Crippen molar-refractivity contribution >= 4 is 58.2 Å². The van der Waals surface area contributed by atoms with E-state index in [1.54, 1.807) is 38.1 Å². The number of fused-ring (bicyclic) bond motifs is 1. The van der Waals surface area contributed by atoms with Crippen LogP contribution in [-0.4, -0.2) is 22.2 Å². The van der Waals surface area contributed by atoms with Gasteiger partial charge in [-0.15, -0.1) is 0 Å². The number of aromatic nitrogens is 1. The van der Waals surface area contributed by atoms with Gasteiger partial charge in [-0.1, -0.05) is 64.3 Å². The summed E-state index contributed by atoms with van der Waals surface area (Å²) in [5.74, 6) is -0.768. The Morgan fingerprint density at radius 3 is 2.67 bits per heavy atom. The van der Waals surface area contributed by atoms with Gasteiger partial charge in [-0.25, -0.2) is 9.79 Å². The summed E-state index contributed by atoms with van der Waals surface area (Å²) in [6.45, 7) is 3.57.